The van der Waals surface area contributed by atoms with Gasteiger partial charge in [-0.05, 0) is 5.23 Å². The van der Waals surface area contributed by atoms with E-state index in [9.17, 15) is 5.21 Å². The standard InChI is InChI=1S/C10H30NO2Si4/c1-11(12)13-17(14(2,3)4,15(5,6)7)16(8,9)10/h1-10H3. The maximum Gasteiger partial charge on any atom is 0.188 e. The zero-order chi connectivity index (χ0) is 14.3. The third kappa shape index (κ3) is 3.40. The molecular formula is C10H30NO2Si4. The minimum absolute atomic E-state index is 0.765. The first-order valence-corrected chi connectivity index (χ1v) is 21.7. The van der Waals surface area contributed by atoms with Gasteiger partial charge in [-0.1, -0.05) is 64.1 Å². The van der Waals surface area contributed by atoms with Crippen LogP contribution >= 0.6 is 0 Å². The number of hydroxylamine groups is 2. The van der Waals surface area contributed by atoms with E-state index in [0.717, 1.165) is 5.23 Å². The lowest BCUT2D eigenvalue weighted by Crippen LogP contribution is -2.85. The summed E-state index contributed by atoms with van der Waals surface area (Å²) in [4.78, 5) is 0. The second-order valence-corrected chi connectivity index (χ2v) is 47.3. The second-order valence-electron chi connectivity index (χ2n) is 7.96. The first kappa shape index (κ1) is 17.7. The summed E-state index contributed by atoms with van der Waals surface area (Å²) in [5.74, 6) is 0. The molecule has 7 heteroatoms. The lowest BCUT2D eigenvalue weighted by Gasteiger charge is -2.55. The Morgan fingerprint density at radius 3 is 1.00 bits per heavy atom. The molecule has 0 rings (SSSR count). The van der Waals surface area contributed by atoms with Gasteiger partial charge in [-0.25, -0.2) is 0 Å². The average Bonchev–Trinajstić information content (AvgIpc) is 1.91. The van der Waals surface area contributed by atoms with Gasteiger partial charge < -0.3 is 4.53 Å². The lowest BCUT2D eigenvalue weighted by molar-refractivity contribution is -0.311. The van der Waals surface area contributed by atoms with E-state index in [1.807, 2.05) is 0 Å². The second kappa shape index (κ2) is 5.03. The quantitative estimate of drug-likeness (QED) is 0.576. The van der Waals surface area contributed by atoms with Crippen LogP contribution in [-0.2, 0) is 9.73 Å². The topological polar surface area (TPSA) is 32.4 Å². The van der Waals surface area contributed by atoms with Gasteiger partial charge in [0.15, 0.2) is 6.87 Å². The van der Waals surface area contributed by atoms with E-state index in [1.54, 1.807) is 0 Å². The van der Waals surface area contributed by atoms with Gasteiger partial charge in [-0.2, -0.15) is 0 Å². The van der Waals surface area contributed by atoms with Crippen LogP contribution in [0.5, 0.6) is 0 Å². The Balaban J connectivity index is 5.93. The Hall–Kier alpha value is 0.748. The molecular weight excluding hydrogens is 278 g/mol. The predicted octanol–water partition coefficient (Wildman–Crippen LogP) is 3.39. The van der Waals surface area contributed by atoms with Crippen LogP contribution in [-0.4, -0.2) is 41.9 Å². The molecule has 0 bridgehead atoms. The van der Waals surface area contributed by atoms with E-state index >= 15 is 0 Å². The number of hydrogen-bond donors (Lipinski definition) is 0. The molecule has 0 fully saturated rings. The average molecular weight is 309 g/mol. The molecule has 0 heterocycles. The molecule has 0 atom stereocenters. The molecule has 0 aromatic heterocycles. The van der Waals surface area contributed by atoms with Crippen LogP contribution in [0.2, 0.25) is 58.9 Å². The third-order valence-electron chi connectivity index (χ3n) is 3.43. The lowest BCUT2D eigenvalue weighted by atomic mass is 11.5. The largest absolute Gasteiger partial charge is 0.329 e. The molecule has 0 aliphatic carbocycles. The van der Waals surface area contributed by atoms with Crippen LogP contribution in [0.3, 0.4) is 0 Å². The Kier molecular flexibility index (Phi) is 5.25. The summed E-state index contributed by atoms with van der Waals surface area (Å²) in [6.45, 7) is 19.7. The van der Waals surface area contributed by atoms with E-state index in [4.69, 9.17) is 4.53 Å². The van der Waals surface area contributed by atoms with Gasteiger partial charge in [-0.15, -0.1) is 0 Å². The summed E-state index contributed by atoms with van der Waals surface area (Å²) in [5, 5.41) is 12.4. The van der Waals surface area contributed by atoms with E-state index in [1.165, 1.54) is 7.05 Å². The van der Waals surface area contributed by atoms with Crippen molar-refractivity contribution >= 4 is 29.6 Å². The zero-order valence-corrected chi connectivity index (χ0v) is 17.3. The smallest absolute Gasteiger partial charge is 0.188 e. The molecule has 1 radical (unpaired) electrons. The summed E-state index contributed by atoms with van der Waals surface area (Å²) >= 11 is 0. The molecule has 0 aliphatic rings. The number of rotatable bonds is 5. The Bertz CT molecular complexity index is 227. The highest BCUT2D eigenvalue weighted by molar-refractivity contribution is 7.87. The van der Waals surface area contributed by atoms with Crippen LogP contribution < -0.4 is 0 Å². The monoisotopic (exact) mass is 308 g/mol. The van der Waals surface area contributed by atoms with Gasteiger partial charge >= 0.3 is 0 Å². The first-order valence-electron chi connectivity index (χ1n) is 6.27. The maximum atomic E-state index is 11.6. The molecule has 0 unspecified atom stereocenters. The van der Waals surface area contributed by atoms with Crippen molar-refractivity contribution in [1.29, 1.82) is 0 Å². The van der Waals surface area contributed by atoms with E-state index in [-0.39, 0.29) is 0 Å². The highest BCUT2D eigenvalue weighted by Crippen LogP contribution is 2.37. The van der Waals surface area contributed by atoms with Crippen molar-refractivity contribution in [2.24, 2.45) is 0 Å². The number of hydrogen-bond acceptors (Lipinski definition) is 2. The van der Waals surface area contributed by atoms with Crippen molar-refractivity contribution in [1.82, 2.24) is 5.23 Å². The summed E-state index contributed by atoms with van der Waals surface area (Å²) in [6, 6.07) is 0. The van der Waals surface area contributed by atoms with Gasteiger partial charge in [0.25, 0.3) is 0 Å². The molecule has 0 aromatic carbocycles. The van der Waals surface area contributed by atoms with Crippen molar-refractivity contribution in [2.45, 2.75) is 58.9 Å². The van der Waals surface area contributed by atoms with Crippen molar-refractivity contribution in [3.63, 3.8) is 0 Å². The SMILES string of the molecule is CN([O])O[Si]([Si](C)(C)C)([Si](C)(C)C)[Si](C)(C)C. The molecule has 0 saturated heterocycles. The highest BCUT2D eigenvalue weighted by atomic mass is 29.9. The van der Waals surface area contributed by atoms with Crippen molar-refractivity contribution < 1.29 is 9.73 Å². The molecule has 103 valence electrons. The van der Waals surface area contributed by atoms with Crippen LogP contribution in [0.15, 0.2) is 0 Å². The first-order chi connectivity index (χ1) is 7.17. The van der Waals surface area contributed by atoms with Crippen molar-refractivity contribution in [3.05, 3.63) is 0 Å². The Labute approximate surface area is 111 Å². The minimum Gasteiger partial charge on any atom is -0.329 e. The van der Waals surface area contributed by atoms with E-state index < -0.39 is 29.6 Å². The molecule has 0 saturated carbocycles. The molecule has 17 heavy (non-hydrogen) atoms. The molecule has 3 nitrogen and oxygen atoms in total. The predicted molar refractivity (Wildman–Crippen MR) is 85.3 cm³/mol. The van der Waals surface area contributed by atoms with Gasteiger partial charge in [-0.3, -0.25) is 0 Å². The van der Waals surface area contributed by atoms with Crippen molar-refractivity contribution in [2.75, 3.05) is 7.05 Å². The molecule has 0 amide bonds. The summed E-state index contributed by atoms with van der Waals surface area (Å²) < 4.78 is 6.13. The fraction of sp³-hybridized carbons (Fsp3) is 1.00. The van der Waals surface area contributed by atoms with E-state index in [2.05, 4.69) is 58.9 Å². The van der Waals surface area contributed by atoms with E-state index in [0.29, 0.717) is 0 Å². The minimum atomic E-state index is -1.93. The Morgan fingerprint density at radius 1 is 0.706 bits per heavy atom. The normalized spacial score (nSPS) is 15.5. The van der Waals surface area contributed by atoms with Gasteiger partial charge in [0.2, 0.25) is 0 Å². The zero-order valence-electron chi connectivity index (χ0n) is 13.3. The summed E-state index contributed by atoms with van der Waals surface area (Å²) in [5.41, 5.74) is 0. The highest BCUT2D eigenvalue weighted by Gasteiger charge is 2.65. The van der Waals surface area contributed by atoms with Crippen molar-refractivity contribution in [3.8, 4) is 0 Å². The third-order valence-corrected chi connectivity index (χ3v) is 70.6. The van der Waals surface area contributed by atoms with Crippen LogP contribution in [0, 0.1) is 0 Å². The van der Waals surface area contributed by atoms with Gasteiger partial charge in [0, 0.05) is 7.05 Å². The van der Waals surface area contributed by atoms with Crippen LogP contribution in [0.1, 0.15) is 0 Å². The summed E-state index contributed by atoms with van der Waals surface area (Å²) in [7, 11) is -2.90. The maximum absolute atomic E-state index is 11.6. The fourth-order valence-corrected chi connectivity index (χ4v) is 96.6. The molecule has 0 spiro atoms. The van der Waals surface area contributed by atoms with Crippen LogP contribution in [0.4, 0.5) is 0 Å². The molecule has 0 aliphatic heterocycles. The summed E-state index contributed by atoms with van der Waals surface area (Å²) in [6.07, 6.45) is 0. The van der Waals surface area contributed by atoms with Gasteiger partial charge in [0.05, 0.1) is 22.8 Å². The Morgan fingerprint density at radius 2 is 0.941 bits per heavy atom. The van der Waals surface area contributed by atoms with Gasteiger partial charge in [0.1, 0.15) is 0 Å². The molecule has 0 aromatic rings. The molecule has 0 N–H and O–H groups in total. The van der Waals surface area contributed by atoms with Crippen LogP contribution in [0.25, 0.3) is 0 Å². The number of nitrogens with zero attached hydrogens (tertiary/aromatic N) is 1. The fourth-order valence-electron chi connectivity index (χ4n) is 3.98.